The van der Waals surface area contributed by atoms with Crippen LogP contribution in [0.1, 0.15) is 57.9 Å². The van der Waals surface area contributed by atoms with Gasteiger partial charge in [0.15, 0.2) is 0 Å². The van der Waals surface area contributed by atoms with E-state index in [2.05, 4.69) is 26.0 Å². The molecule has 0 N–H and O–H groups in total. The molecule has 5 saturated heterocycles. The highest BCUT2D eigenvalue weighted by Gasteiger charge is 2.57. The molecule has 7 nitrogen and oxygen atoms in total. The predicted octanol–water partition coefficient (Wildman–Crippen LogP) is 4.78. The zero-order valence-corrected chi connectivity index (χ0v) is 21.3. The Balaban J connectivity index is 1.27. The summed E-state index contributed by atoms with van der Waals surface area (Å²) in [6, 6.07) is 10.4. The zero-order chi connectivity index (χ0) is 24.4. The fourth-order valence-electron chi connectivity index (χ4n) is 6.32. The van der Waals surface area contributed by atoms with Crippen molar-refractivity contribution >= 4 is 6.09 Å². The van der Waals surface area contributed by atoms with E-state index in [4.69, 9.17) is 23.7 Å². The molecule has 35 heavy (non-hydrogen) atoms. The van der Waals surface area contributed by atoms with Gasteiger partial charge >= 0.3 is 6.09 Å². The number of piperidine rings is 1. The Morgan fingerprint density at radius 2 is 1.69 bits per heavy atom. The Bertz CT molecular complexity index is 832. The zero-order valence-electron chi connectivity index (χ0n) is 21.3. The minimum absolute atomic E-state index is 0.00200. The number of carbonyl (C=O) groups is 1. The van der Waals surface area contributed by atoms with Crippen molar-refractivity contribution in [2.45, 2.75) is 70.8 Å². The van der Waals surface area contributed by atoms with E-state index in [0.717, 1.165) is 44.9 Å². The van der Waals surface area contributed by atoms with Crippen LogP contribution in [0.4, 0.5) is 4.79 Å². The van der Waals surface area contributed by atoms with Gasteiger partial charge in [0.05, 0.1) is 38.4 Å². The molecule has 1 aromatic carbocycles. The molecule has 0 spiro atoms. The van der Waals surface area contributed by atoms with Crippen molar-refractivity contribution in [3.8, 4) is 0 Å². The second-order valence-corrected chi connectivity index (χ2v) is 11.3. The van der Waals surface area contributed by atoms with Crippen LogP contribution >= 0.6 is 0 Å². The lowest BCUT2D eigenvalue weighted by atomic mass is 9.80. The van der Waals surface area contributed by atoms with Gasteiger partial charge in [0.25, 0.3) is 5.97 Å². The summed E-state index contributed by atoms with van der Waals surface area (Å²) < 4.78 is 30.3. The topological polar surface area (TPSA) is 66.5 Å². The third kappa shape index (κ3) is 5.10. The van der Waals surface area contributed by atoms with Crippen LogP contribution in [-0.4, -0.2) is 69.2 Å². The van der Waals surface area contributed by atoms with Gasteiger partial charge in [-0.05, 0) is 37.7 Å². The van der Waals surface area contributed by atoms with Gasteiger partial charge < -0.3 is 28.6 Å². The van der Waals surface area contributed by atoms with Gasteiger partial charge in [0.2, 0.25) is 0 Å². The maximum absolute atomic E-state index is 13.3. The number of fused-ring (bicyclic) bond motifs is 3. The first-order valence-corrected chi connectivity index (χ1v) is 13.5. The van der Waals surface area contributed by atoms with Gasteiger partial charge in [0, 0.05) is 23.9 Å². The van der Waals surface area contributed by atoms with Crippen LogP contribution in [0.25, 0.3) is 0 Å². The molecular weight excluding hydrogens is 446 g/mol. The highest BCUT2D eigenvalue weighted by molar-refractivity contribution is 5.68. The predicted molar refractivity (Wildman–Crippen MR) is 131 cm³/mol. The Hall–Kier alpha value is -1.67. The Morgan fingerprint density at radius 1 is 1.00 bits per heavy atom. The summed E-state index contributed by atoms with van der Waals surface area (Å²) >= 11 is 0. The standard InChI is InChI=1S/C28H41NO6/c1-3-11-26(16-31-17-26)18-32-25(30)29-13-10-23(15-24(29)14-22-8-6-5-7-9-22)28-33-19-27(12-4-2,20-34-28)21-35-28/h5-9,23-24H,3-4,10-21H2,1-2H3. The van der Waals surface area contributed by atoms with Crippen molar-refractivity contribution < 1.29 is 28.5 Å². The molecule has 7 heteroatoms. The molecule has 6 rings (SSSR count). The van der Waals surface area contributed by atoms with E-state index in [1.165, 1.54) is 5.56 Å². The molecule has 5 heterocycles. The van der Waals surface area contributed by atoms with E-state index in [0.29, 0.717) is 46.2 Å². The highest BCUT2D eigenvalue weighted by atomic mass is 16.9. The molecule has 0 saturated carbocycles. The number of hydrogen-bond donors (Lipinski definition) is 0. The van der Waals surface area contributed by atoms with Crippen LogP contribution < -0.4 is 0 Å². The third-order valence-corrected chi connectivity index (χ3v) is 8.38. The van der Waals surface area contributed by atoms with Gasteiger partial charge in [0.1, 0.15) is 6.61 Å². The maximum atomic E-state index is 13.3. The van der Waals surface area contributed by atoms with Crippen molar-refractivity contribution in [3.63, 3.8) is 0 Å². The number of benzene rings is 1. The number of rotatable bonds is 9. The first kappa shape index (κ1) is 25.0. The van der Waals surface area contributed by atoms with Crippen LogP contribution in [0.15, 0.2) is 30.3 Å². The number of likely N-dealkylation sites (tertiary alicyclic amines) is 1. The van der Waals surface area contributed by atoms with Gasteiger partial charge in [-0.25, -0.2) is 4.79 Å². The lowest BCUT2D eigenvalue weighted by Gasteiger charge is -2.56. The molecule has 5 aliphatic rings. The van der Waals surface area contributed by atoms with Crippen LogP contribution in [0, 0.1) is 16.7 Å². The summed E-state index contributed by atoms with van der Waals surface area (Å²) in [4.78, 5) is 15.2. The first-order valence-electron chi connectivity index (χ1n) is 13.5. The molecule has 2 atom stereocenters. The SMILES string of the molecule is CCCC1(COC(=O)N2CCC(C34OCC(CCC)(CO3)CO4)CC2Cc2ccccc2)COC1. The smallest absolute Gasteiger partial charge is 0.410 e. The third-order valence-electron chi connectivity index (χ3n) is 8.38. The second-order valence-electron chi connectivity index (χ2n) is 11.3. The van der Waals surface area contributed by atoms with E-state index < -0.39 is 5.97 Å². The largest absolute Gasteiger partial charge is 0.449 e. The Kier molecular flexibility index (Phi) is 7.40. The van der Waals surface area contributed by atoms with Crippen molar-refractivity contribution in [2.75, 3.05) is 46.2 Å². The fourth-order valence-corrected chi connectivity index (χ4v) is 6.32. The summed E-state index contributed by atoms with van der Waals surface area (Å²) in [7, 11) is 0. The van der Waals surface area contributed by atoms with E-state index in [9.17, 15) is 4.79 Å². The normalized spacial score (nSPS) is 33.8. The average molecular weight is 488 g/mol. The maximum Gasteiger partial charge on any atom is 0.410 e. The number of carbonyl (C=O) groups excluding carboxylic acids is 1. The molecule has 0 radical (unpaired) electrons. The summed E-state index contributed by atoms with van der Waals surface area (Å²) in [6.07, 6.45) is 6.29. The van der Waals surface area contributed by atoms with Crippen LogP contribution in [0.2, 0.25) is 0 Å². The monoisotopic (exact) mass is 487 g/mol. The van der Waals surface area contributed by atoms with Crippen molar-refractivity contribution in [1.82, 2.24) is 4.90 Å². The summed E-state index contributed by atoms with van der Waals surface area (Å²) in [5.41, 5.74) is 1.19. The number of nitrogens with zero attached hydrogens (tertiary/aromatic N) is 1. The van der Waals surface area contributed by atoms with Crippen LogP contribution in [0.3, 0.4) is 0 Å². The van der Waals surface area contributed by atoms with Gasteiger partial charge in [-0.1, -0.05) is 57.0 Å². The molecule has 1 amide bonds. The van der Waals surface area contributed by atoms with Gasteiger partial charge in [-0.2, -0.15) is 0 Å². The average Bonchev–Trinajstić information content (AvgIpc) is 2.87. The van der Waals surface area contributed by atoms with Crippen molar-refractivity contribution in [3.05, 3.63) is 35.9 Å². The van der Waals surface area contributed by atoms with E-state index in [1.54, 1.807) is 0 Å². The molecule has 2 unspecified atom stereocenters. The van der Waals surface area contributed by atoms with Gasteiger partial charge in [-0.15, -0.1) is 0 Å². The Morgan fingerprint density at radius 3 is 2.29 bits per heavy atom. The van der Waals surface area contributed by atoms with E-state index in [-0.39, 0.29) is 28.9 Å². The lowest BCUT2D eigenvalue weighted by Crippen LogP contribution is -2.65. The van der Waals surface area contributed by atoms with E-state index >= 15 is 0 Å². The number of hydrogen-bond acceptors (Lipinski definition) is 6. The molecule has 2 bridgehead atoms. The van der Waals surface area contributed by atoms with Crippen molar-refractivity contribution in [2.24, 2.45) is 16.7 Å². The molecule has 5 aliphatic heterocycles. The summed E-state index contributed by atoms with van der Waals surface area (Å²) in [5.74, 6) is -0.902. The summed E-state index contributed by atoms with van der Waals surface area (Å²) in [6.45, 7) is 8.81. The second kappa shape index (κ2) is 10.4. The molecule has 0 aromatic heterocycles. The number of ether oxygens (including phenoxy) is 5. The minimum atomic E-state index is -0.977. The molecule has 1 aromatic rings. The lowest BCUT2D eigenvalue weighted by molar-refractivity contribution is -0.489. The highest BCUT2D eigenvalue weighted by Crippen LogP contribution is 2.48. The fraction of sp³-hybridized carbons (Fsp3) is 0.750. The molecular formula is C28H41NO6. The summed E-state index contributed by atoms with van der Waals surface area (Å²) in [5, 5.41) is 0. The Labute approximate surface area is 209 Å². The molecule has 194 valence electrons. The number of amides is 1. The molecule has 0 aliphatic carbocycles. The van der Waals surface area contributed by atoms with Gasteiger partial charge in [-0.3, -0.25) is 0 Å². The quantitative estimate of drug-likeness (QED) is 0.499. The van der Waals surface area contributed by atoms with Crippen LogP contribution in [0.5, 0.6) is 0 Å². The molecule has 5 fully saturated rings. The van der Waals surface area contributed by atoms with Crippen molar-refractivity contribution in [1.29, 1.82) is 0 Å². The van der Waals surface area contributed by atoms with E-state index in [1.807, 2.05) is 23.1 Å². The first-order chi connectivity index (χ1) is 17.0. The van der Waals surface area contributed by atoms with Crippen LogP contribution in [-0.2, 0) is 30.1 Å². The minimum Gasteiger partial charge on any atom is -0.449 e.